The number of aromatic nitrogens is 4. The number of rotatable bonds is 21. The number of hydrogen-bond acceptors (Lipinski definition) is 7. The molecule has 2 aromatic heterocycles. The summed E-state index contributed by atoms with van der Waals surface area (Å²) in [7, 11) is 0. The number of aromatic amines is 1. The Kier molecular flexibility index (Phi) is 15.1. The van der Waals surface area contributed by atoms with Crippen molar-refractivity contribution in [1.29, 1.82) is 0 Å². The van der Waals surface area contributed by atoms with Gasteiger partial charge in [-0.3, -0.25) is 14.7 Å². The van der Waals surface area contributed by atoms with Crippen LogP contribution in [0.4, 0.5) is 0 Å². The molecule has 0 radical (unpaired) electrons. The summed E-state index contributed by atoms with van der Waals surface area (Å²) in [5.41, 5.74) is 2.25. The molecule has 0 aliphatic carbocycles. The summed E-state index contributed by atoms with van der Waals surface area (Å²) in [6, 6.07) is 6.94. The molecule has 1 amide bonds. The molecule has 0 fully saturated rings. The fourth-order valence-corrected chi connectivity index (χ4v) is 7.16. The Morgan fingerprint density at radius 2 is 1.59 bits per heavy atom. The largest absolute Gasteiger partial charge is 0.480 e. The highest BCUT2D eigenvalue weighted by Crippen LogP contribution is 2.40. The second-order valence-corrected chi connectivity index (χ2v) is 17.5. The SMILES string of the molecule is CCCCCCCCCCC(Oc1ccc(C(C)(C)CC(C)(C)C)cc1OS(=O)NC(C)c1nnc2cc(C(C)(C)C)[nH]n12)C(=O)NCC(=O)O. The smallest absolute Gasteiger partial charge is 0.322 e. The van der Waals surface area contributed by atoms with E-state index in [-0.39, 0.29) is 27.7 Å². The highest BCUT2D eigenvalue weighted by Gasteiger charge is 2.30. The topological polar surface area (TPSA) is 160 Å². The van der Waals surface area contributed by atoms with Crippen LogP contribution in [0.2, 0.25) is 0 Å². The summed E-state index contributed by atoms with van der Waals surface area (Å²) in [5, 5.41) is 23.6. The van der Waals surface area contributed by atoms with E-state index >= 15 is 0 Å². The number of carbonyl (C=O) groups excluding carboxylic acids is 1. The van der Waals surface area contributed by atoms with Crippen molar-refractivity contribution in [1.82, 2.24) is 29.9 Å². The molecule has 4 N–H and O–H groups in total. The average Bonchev–Trinajstić information content (AvgIpc) is 3.62. The Morgan fingerprint density at radius 1 is 0.941 bits per heavy atom. The minimum atomic E-state index is -2.05. The predicted molar refractivity (Wildman–Crippen MR) is 202 cm³/mol. The minimum absolute atomic E-state index is 0.0388. The van der Waals surface area contributed by atoms with Gasteiger partial charge in [-0.1, -0.05) is 113 Å². The standard InChI is InChI=1S/C38H62N6O6S/c1-11-12-13-14-15-16-17-18-19-29(35(47)39-24-33(45)46)49-28-21-20-27(38(9,10)25-36(3,4)5)22-30(28)50-51(48)43-26(2)34-41-40-32-23-31(37(6,7)8)42-44(32)34/h20-23,26,29,42-43H,11-19,24-25H2,1-10H3,(H,39,47)(H,45,46). The summed E-state index contributed by atoms with van der Waals surface area (Å²) in [5.74, 6) is -0.673. The van der Waals surface area contributed by atoms with E-state index in [2.05, 4.69) is 87.6 Å². The molecule has 3 atom stereocenters. The molecular formula is C38H62N6O6S. The molecular weight excluding hydrogens is 669 g/mol. The summed E-state index contributed by atoms with van der Waals surface area (Å²) < 4.78 is 30.7. The summed E-state index contributed by atoms with van der Waals surface area (Å²) in [6.07, 6.45) is 9.02. The molecule has 0 aliphatic heterocycles. The van der Waals surface area contributed by atoms with Gasteiger partial charge in [0.2, 0.25) is 0 Å². The van der Waals surface area contributed by atoms with Crippen LogP contribution in [0.15, 0.2) is 24.3 Å². The third-order valence-electron chi connectivity index (χ3n) is 8.85. The van der Waals surface area contributed by atoms with Crippen molar-refractivity contribution in [2.24, 2.45) is 5.41 Å². The van der Waals surface area contributed by atoms with Crippen LogP contribution in [0.1, 0.15) is 157 Å². The Balaban J connectivity index is 1.86. The molecule has 3 aromatic rings. The van der Waals surface area contributed by atoms with Crippen LogP contribution in [-0.4, -0.2) is 53.7 Å². The number of nitrogens with zero attached hydrogens (tertiary/aromatic N) is 3. The van der Waals surface area contributed by atoms with Gasteiger partial charge in [0.1, 0.15) is 6.54 Å². The fourth-order valence-electron chi connectivity index (χ4n) is 6.42. The van der Waals surface area contributed by atoms with Gasteiger partial charge in [-0.25, -0.2) is 4.52 Å². The lowest BCUT2D eigenvalue weighted by Crippen LogP contribution is -2.40. The van der Waals surface area contributed by atoms with Crippen LogP contribution >= 0.6 is 0 Å². The molecule has 2 heterocycles. The molecule has 3 unspecified atom stereocenters. The monoisotopic (exact) mass is 730 g/mol. The van der Waals surface area contributed by atoms with Crippen LogP contribution in [0.3, 0.4) is 0 Å². The molecule has 0 bridgehead atoms. The quantitative estimate of drug-likeness (QED) is 0.0807. The molecule has 286 valence electrons. The van der Waals surface area contributed by atoms with E-state index in [0.29, 0.717) is 17.9 Å². The highest BCUT2D eigenvalue weighted by atomic mass is 32.2. The van der Waals surface area contributed by atoms with Crippen LogP contribution in [0.5, 0.6) is 11.5 Å². The van der Waals surface area contributed by atoms with E-state index in [9.17, 15) is 18.9 Å². The zero-order chi connectivity index (χ0) is 38.0. The minimum Gasteiger partial charge on any atom is -0.480 e. The lowest BCUT2D eigenvalue weighted by Gasteiger charge is -2.33. The zero-order valence-corrected chi connectivity index (χ0v) is 33.3. The summed E-state index contributed by atoms with van der Waals surface area (Å²) in [6.45, 7) is 20.7. The summed E-state index contributed by atoms with van der Waals surface area (Å²) in [4.78, 5) is 24.5. The Bertz CT molecular complexity index is 1600. The Hall–Kier alpha value is -3.45. The van der Waals surface area contributed by atoms with Crippen molar-refractivity contribution in [3.05, 3.63) is 41.3 Å². The zero-order valence-electron chi connectivity index (χ0n) is 32.5. The van der Waals surface area contributed by atoms with Gasteiger partial charge >= 0.3 is 5.97 Å². The molecule has 0 saturated carbocycles. The number of carbonyl (C=O) groups is 2. The first-order chi connectivity index (χ1) is 23.8. The van der Waals surface area contributed by atoms with Crippen molar-refractivity contribution < 1.29 is 27.8 Å². The van der Waals surface area contributed by atoms with Crippen LogP contribution in [-0.2, 0) is 31.7 Å². The third-order valence-corrected chi connectivity index (χ3v) is 9.72. The van der Waals surface area contributed by atoms with Crippen LogP contribution < -0.4 is 19.0 Å². The molecule has 12 nitrogen and oxygen atoms in total. The maximum atomic E-state index is 13.6. The van der Waals surface area contributed by atoms with Crippen molar-refractivity contribution in [2.75, 3.05) is 6.54 Å². The molecule has 0 saturated heterocycles. The van der Waals surface area contributed by atoms with Crippen LogP contribution in [0, 0.1) is 5.41 Å². The third kappa shape index (κ3) is 13.2. The van der Waals surface area contributed by atoms with E-state index in [0.717, 1.165) is 43.4 Å². The molecule has 0 spiro atoms. The van der Waals surface area contributed by atoms with Gasteiger partial charge < -0.3 is 19.3 Å². The molecule has 51 heavy (non-hydrogen) atoms. The molecule has 0 aliphatic rings. The second-order valence-electron chi connectivity index (χ2n) is 16.6. The number of ether oxygens (including phenoxy) is 1. The fraction of sp³-hybridized carbons (Fsp3) is 0.684. The maximum absolute atomic E-state index is 13.6. The van der Waals surface area contributed by atoms with Gasteiger partial charge in [0.15, 0.2) is 29.1 Å². The second kappa shape index (κ2) is 18.3. The van der Waals surface area contributed by atoms with E-state index < -0.39 is 41.8 Å². The Labute approximate surface area is 307 Å². The van der Waals surface area contributed by atoms with Gasteiger partial charge in [0.05, 0.1) is 6.04 Å². The highest BCUT2D eigenvalue weighted by molar-refractivity contribution is 7.78. The van der Waals surface area contributed by atoms with Gasteiger partial charge in [-0.2, -0.15) is 8.93 Å². The number of benzene rings is 1. The first kappa shape index (κ1) is 42.0. The normalized spacial score (nSPS) is 14.3. The number of hydrogen-bond donors (Lipinski definition) is 4. The number of carboxylic acid groups (broad SMARTS) is 1. The number of amides is 1. The number of nitrogens with one attached hydrogen (secondary N) is 3. The van der Waals surface area contributed by atoms with Crippen molar-refractivity contribution in [3.8, 4) is 11.5 Å². The average molecular weight is 731 g/mol. The van der Waals surface area contributed by atoms with Crippen molar-refractivity contribution in [3.63, 3.8) is 0 Å². The van der Waals surface area contributed by atoms with E-state index in [1.165, 1.54) is 25.7 Å². The van der Waals surface area contributed by atoms with E-state index in [1.54, 1.807) is 10.6 Å². The summed E-state index contributed by atoms with van der Waals surface area (Å²) >= 11 is -2.05. The molecule has 3 rings (SSSR count). The molecule has 1 aromatic carbocycles. The van der Waals surface area contributed by atoms with E-state index in [1.807, 2.05) is 25.1 Å². The number of aliphatic carboxylic acids is 1. The first-order valence-corrected chi connectivity index (χ1v) is 19.5. The molecule has 13 heteroatoms. The number of fused-ring (bicyclic) bond motifs is 1. The lowest BCUT2D eigenvalue weighted by atomic mass is 9.72. The van der Waals surface area contributed by atoms with Gasteiger partial charge in [0.25, 0.3) is 17.2 Å². The van der Waals surface area contributed by atoms with Gasteiger partial charge in [-0.15, -0.1) is 10.2 Å². The van der Waals surface area contributed by atoms with Crippen LogP contribution in [0.25, 0.3) is 5.65 Å². The van der Waals surface area contributed by atoms with Crippen molar-refractivity contribution in [2.45, 2.75) is 156 Å². The number of unbranched alkanes of at least 4 members (excludes halogenated alkanes) is 7. The van der Waals surface area contributed by atoms with E-state index in [4.69, 9.17) is 8.92 Å². The van der Waals surface area contributed by atoms with Gasteiger partial charge in [-0.05, 0) is 54.7 Å². The predicted octanol–water partition coefficient (Wildman–Crippen LogP) is 7.86. The first-order valence-electron chi connectivity index (χ1n) is 18.4. The Morgan fingerprint density at radius 3 is 2.20 bits per heavy atom. The lowest BCUT2D eigenvalue weighted by molar-refractivity contribution is -0.139. The number of carboxylic acids is 1. The maximum Gasteiger partial charge on any atom is 0.322 e. The van der Waals surface area contributed by atoms with Crippen molar-refractivity contribution >= 4 is 28.8 Å². The van der Waals surface area contributed by atoms with Gasteiger partial charge in [0, 0.05) is 17.2 Å². The number of H-pyrrole nitrogens is 1.